The molecule has 1 aliphatic rings. The highest BCUT2D eigenvalue weighted by atomic mass is 35.5. The van der Waals surface area contributed by atoms with Crippen molar-refractivity contribution in [3.8, 4) is 5.69 Å². The number of hydrogen-bond acceptors (Lipinski definition) is 3. The van der Waals surface area contributed by atoms with Crippen molar-refractivity contribution in [3.05, 3.63) is 35.6 Å². The minimum absolute atomic E-state index is 0.736. The van der Waals surface area contributed by atoms with Gasteiger partial charge in [-0.25, -0.2) is 0 Å². The van der Waals surface area contributed by atoms with E-state index in [1.807, 2.05) is 40.6 Å². The van der Waals surface area contributed by atoms with E-state index in [-0.39, 0.29) is 0 Å². The predicted octanol–water partition coefficient (Wildman–Crippen LogP) is 4.59. The summed E-state index contributed by atoms with van der Waals surface area (Å²) in [4.78, 5) is 0. The standard InChI is InChI=1S/C15H18ClN3S/c16-13-7-4-8-14(9-13)19-11-17-18-15(19)20-10-12-5-2-1-3-6-12/h4,7-9,11-12H,1-3,5-6,10H2. The fraction of sp³-hybridized carbons (Fsp3) is 0.467. The molecule has 1 aliphatic carbocycles. The second-order valence-electron chi connectivity index (χ2n) is 5.28. The fourth-order valence-electron chi connectivity index (χ4n) is 2.67. The largest absolute Gasteiger partial charge is 0.277 e. The fourth-order valence-corrected chi connectivity index (χ4v) is 3.97. The molecule has 5 heteroatoms. The molecule has 3 rings (SSSR count). The van der Waals surface area contributed by atoms with E-state index in [9.17, 15) is 0 Å². The average molecular weight is 308 g/mol. The molecule has 2 aromatic rings. The maximum absolute atomic E-state index is 6.05. The molecule has 0 radical (unpaired) electrons. The second kappa shape index (κ2) is 6.64. The Morgan fingerprint density at radius 1 is 1.25 bits per heavy atom. The summed E-state index contributed by atoms with van der Waals surface area (Å²) >= 11 is 7.86. The molecular weight excluding hydrogens is 290 g/mol. The zero-order chi connectivity index (χ0) is 13.8. The van der Waals surface area contributed by atoms with Gasteiger partial charge in [0.2, 0.25) is 0 Å². The van der Waals surface area contributed by atoms with Crippen molar-refractivity contribution in [2.45, 2.75) is 37.3 Å². The molecule has 20 heavy (non-hydrogen) atoms. The highest BCUT2D eigenvalue weighted by Gasteiger charge is 2.15. The molecule has 1 heterocycles. The van der Waals surface area contributed by atoms with Gasteiger partial charge in [0.1, 0.15) is 6.33 Å². The first kappa shape index (κ1) is 14.0. The van der Waals surface area contributed by atoms with Crippen molar-refractivity contribution >= 4 is 23.4 Å². The van der Waals surface area contributed by atoms with E-state index in [0.29, 0.717) is 0 Å². The van der Waals surface area contributed by atoms with Crippen LogP contribution in [0.2, 0.25) is 5.02 Å². The summed E-state index contributed by atoms with van der Waals surface area (Å²) in [6, 6.07) is 7.80. The highest BCUT2D eigenvalue weighted by Crippen LogP contribution is 2.30. The molecule has 3 nitrogen and oxygen atoms in total. The summed E-state index contributed by atoms with van der Waals surface area (Å²) in [5.74, 6) is 1.97. The first-order valence-corrected chi connectivity index (χ1v) is 8.48. The van der Waals surface area contributed by atoms with E-state index in [4.69, 9.17) is 11.6 Å². The maximum Gasteiger partial charge on any atom is 0.195 e. The molecule has 106 valence electrons. The van der Waals surface area contributed by atoms with Crippen molar-refractivity contribution in [1.29, 1.82) is 0 Å². The van der Waals surface area contributed by atoms with Gasteiger partial charge in [-0.2, -0.15) is 0 Å². The van der Waals surface area contributed by atoms with Crippen LogP contribution >= 0.6 is 23.4 Å². The van der Waals surface area contributed by atoms with Gasteiger partial charge in [-0.1, -0.05) is 48.7 Å². The van der Waals surface area contributed by atoms with Gasteiger partial charge in [0.15, 0.2) is 5.16 Å². The van der Waals surface area contributed by atoms with Crippen LogP contribution in [0.5, 0.6) is 0 Å². The molecular formula is C15H18ClN3S. The number of halogens is 1. The van der Waals surface area contributed by atoms with Gasteiger partial charge in [0.05, 0.1) is 5.69 Å². The average Bonchev–Trinajstić information content (AvgIpc) is 2.95. The molecule has 1 saturated carbocycles. The van der Waals surface area contributed by atoms with Gasteiger partial charge < -0.3 is 0 Å². The topological polar surface area (TPSA) is 30.7 Å². The van der Waals surface area contributed by atoms with E-state index in [1.165, 1.54) is 32.1 Å². The summed E-state index contributed by atoms with van der Waals surface area (Å²) < 4.78 is 2.01. The first-order chi connectivity index (χ1) is 9.83. The lowest BCUT2D eigenvalue weighted by Crippen LogP contribution is -2.09. The van der Waals surface area contributed by atoms with Crippen LogP contribution in [0, 0.1) is 5.92 Å². The Morgan fingerprint density at radius 2 is 2.10 bits per heavy atom. The van der Waals surface area contributed by atoms with E-state index >= 15 is 0 Å². The Labute approximate surface area is 128 Å². The van der Waals surface area contributed by atoms with Crippen molar-refractivity contribution in [1.82, 2.24) is 14.8 Å². The van der Waals surface area contributed by atoms with Crippen molar-refractivity contribution in [2.75, 3.05) is 5.75 Å². The summed E-state index contributed by atoms with van der Waals surface area (Å²) in [5.41, 5.74) is 1.02. The predicted molar refractivity (Wildman–Crippen MR) is 83.7 cm³/mol. The Hall–Kier alpha value is -1.00. The third kappa shape index (κ3) is 3.36. The van der Waals surface area contributed by atoms with Crippen LogP contribution in [0.4, 0.5) is 0 Å². The third-order valence-corrected chi connectivity index (χ3v) is 5.19. The third-order valence-electron chi connectivity index (χ3n) is 3.78. The molecule has 0 saturated heterocycles. The molecule has 0 aliphatic heterocycles. The van der Waals surface area contributed by atoms with E-state index in [0.717, 1.165) is 27.5 Å². The number of rotatable bonds is 4. The SMILES string of the molecule is Clc1cccc(-n2cnnc2SCC2CCCCC2)c1. The summed E-state index contributed by atoms with van der Waals surface area (Å²) in [7, 11) is 0. The van der Waals surface area contributed by atoms with Gasteiger partial charge in [-0.15, -0.1) is 10.2 Å². The van der Waals surface area contributed by atoms with Gasteiger partial charge in [-0.3, -0.25) is 4.57 Å². The van der Waals surface area contributed by atoms with Crippen molar-refractivity contribution in [2.24, 2.45) is 5.92 Å². The normalized spacial score (nSPS) is 16.4. The number of thioether (sulfide) groups is 1. The minimum atomic E-state index is 0.736. The molecule has 0 unspecified atom stereocenters. The van der Waals surface area contributed by atoms with Gasteiger partial charge >= 0.3 is 0 Å². The molecule has 0 spiro atoms. The van der Waals surface area contributed by atoms with Crippen LogP contribution < -0.4 is 0 Å². The molecule has 1 fully saturated rings. The first-order valence-electron chi connectivity index (χ1n) is 7.12. The zero-order valence-corrected chi connectivity index (χ0v) is 12.9. The quantitative estimate of drug-likeness (QED) is 0.774. The van der Waals surface area contributed by atoms with E-state index in [2.05, 4.69) is 10.2 Å². The smallest absolute Gasteiger partial charge is 0.195 e. The lowest BCUT2D eigenvalue weighted by molar-refractivity contribution is 0.390. The Balaban J connectivity index is 1.70. The maximum atomic E-state index is 6.05. The monoisotopic (exact) mass is 307 g/mol. The summed E-state index contributed by atoms with van der Waals surface area (Å²) in [6.07, 6.45) is 8.64. The Kier molecular flexibility index (Phi) is 4.63. The molecule has 1 aromatic heterocycles. The Morgan fingerprint density at radius 3 is 2.90 bits per heavy atom. The molecule has 1 aromatic carbocycles. The van der Waals surface area contributed by atoms with Gasteiger partial charge in [0, 0.05) is 10.8 Å². The van der Waals surface area contributed by atoms with Crippen LogP contribution in [-0.4, -0.2) is 20.5 Å². The van der Waals surface area contributed by atoms with Crippen LogP contribution in [0.3, 0.4) is 0 Å². The molecule has 0 amide bonds. The lowest BCUT2D eigenvalue weighted by Gasteiger charge is -2.20. The zero-order valence-electron chi connectivity index (χ0n) is 11.3. The van der Waals surface area contributed by atoms with Crippen LogP contribution in [0.25, 0.3) is 5.69 Å². The highest BCUT2D eigenvalue weighted by molar-refractivity contribution is 7.99. The second-order valence-corrected chi connectivity index (χ2v) is 6.70. The van der Waals surface area contributed by atoms with Crippen LogP contribution in [-0.2, 0) is 0 Å². The minimum Gasteiger partial charge on any atom is -0.277 e. The number of hydrogen-bond donors (Lipinski definition) is 0. The van der Waals surface area contributed by atoms with Crippen LogP contribution in [0.1, 0.15) is 32.1 Å². The number of aromatic nitrogens is 3. The van der Waals surface area contributed by atoms with Gasteiger partial charge in [-0.05, 0) is 37.0 Å². The van der Waals surface area contributed by atoms with Crippen molar-refractivity contribution < 1.29 is 0 Å². The number of benzene rings is 1. The van der Waals surface area contributed by atoms with Gasteiger partial charge in [0.25, 0.3) is 0 Å². The molecule has 0 bridgehead atoms. The van der Waals surface area contributed by atoms with E-state index in [1.54, 1.807) is 6.33 Å². The van der Waals surface area contributed by atoms with Crippen molar-refractivity contribution in [3.63, 3.8) is 0 Å². The lowest BCUT2D eigenvalue weighted by atomic mass is 9.91. The summed E-state index contributed by atoms with van der Waals surface area (Å²) in [6.45, 7) is 0. The Bertz CT molecular complexity index is 564. The molecule has 0 N–H and O–H groups in total. The van der Waals surface area contributed by atoms with E-state index < -0.39 is 0 Å². The number of nitrogens with zero attached hydrogens (tertiary/aromatic N) is 3. The molecule has 0 atom stereocenters. The summed E-state index contributed by atoms with van der Waals surface area (Å²) in [5, 5.41) is 9.97. The van der Waals surface area contributed by atoms with Crippen LogP contribution in [0.15, 0.2) is 35.7 Å².